The Morgan fingerprint density at radius 3 is 2.19 bits per heavy atom. The molecule has 81 heavy (non-hydrogen) atoms. The van der Waals surface area contributed by atoms with E-state index in [2.05, 4.69) is 41.6 Å². The second-order valence-corrected chi connectivity index (χ2v) is 21.9. The topological polar surface area (TPSA) is 453 Å². The molecule has 0 aliphatic carbocycles. The summed E-state index contributed by atoms with van der Waals surface area (Å²) >= 11 is 0.832. The third-order valence-corrected chi connectivity index (χ3v) is 15.8. The van der Waals surface area contributed by atoms with Crippen molar-refractivity contribution < 1.29 is 85.8 Å². The number of aromatic nitrogens is 1. The number of carbonyl (C=O) groups excluding carboxylic acids is 10. The number of fused-ring (bicyclic) bond motifs is 3. The number of primary amides is 1. The lowest BCUT2D eigenvalue weighted by atomic mass is 9.95. The zero-order valence-electron chi connectivity index (χ0n) is 44.4. The Hall–Kier alpha value is -8.23. The fraction of sp³-hybridized carbons (Fsp3) is 0.490. The average Bonchev–Trinajstić information content (AvgIpc) is 4.05. The summed E-state index contributed by atoms with van der Waals surface area (Å²) in [5.74, 6) is -14.2. The molecule has 1 fully saturated rings. The standard InChI is InChI=1S/C49H63N11O19S2/c1-6-23(2)41-46(70)52-18-39(65)53-33(44(68)54-32(17-38(50)64)48(71)59-20-27(63)15-35(59)45(69)57-42(49(72)73)24(3)36(79-26(5)62)21-78-25(4)61)22-80-47-29(28-11-7-8-12-30(28)55-47)16-31(43(67)51-19-40(66)56-41)58-81(76,77)37-14-10-9-13-34(37)60(74)75/h7-14,23-24,27,31-33,35-36,41-42,55,58,63H,6,15-22H2,1-5H3,(H2,50,64)(H,51,67)(H,52,70)(H,53,65)(H,54,68)(H,56,66)(H,57,69)(H,72,73)/t23-,24-,27?,31?,32?,33?,35-,36-,41-,42-/m0/s1. The van der Waals surface area contributed by atoms with Crippen LogP contribution in [0.2, 0.25) is 0 Å². The van der Waals surface area contributed by atoms with Gasteiger partial charge in [-0.25, -0.2) is 13.2 Å². The number of sulfonamides is 1. The van der Waals surface area contributed by atoms with Crippen molar-refractivity contribution in [3.05, 3.63) is 64.2 Å². The van der Waals surface area contributed by atoms with Crippen LogP contribution in [0.25, 0.3) is 10.9 Å². The van der Waals surface area contributed by atoms with Crippen molar-refractivity contribution in [1.82, 2.24) is 46.5 Å². The van der Waals surface area contributed by atoms with Gasteiger partial charge in [0.2, 0.25) is 57.3 Å². The molecule has 0 saturated carbocycles. The molecule has 0 bridgehead atoms. The molecule has 0 spiro atoms. The highest BCUT2D eigenvalue weighted by Gasteiger charge is 2.45. The third-order valence-electron chi connectivity index (χ3n) is 13.2. The summed E-state index contributed by atoms with van der Waals surface area (Å²) in [5, 5.41) is 47.9. The molecule has 4 unspecified atom stereocenters. The number of nitro groups is 1. The number of nitrogens with one attached hydrogen (secondary N) is 8. The Morgan fingerprint density at radius 1 is 0.914 bits per heavy atom. The van der Waals surface area contributed by atoms with Crippen LogP contribution in [0.4, 0.5) is 5.69 Å². The molecule has 0 radical (unpaired) electrons. The summed E-state index contributed by atoms with van der Waals surface area (Å²) in [4.78, 5) is 161. The average molecular weight is 1170 g/mol. The first-order valence-electron chi connectivity index (χ1n) is 25.1. The lowest BCUT2D eigenvalue weighted by Crippen LogP contribution is -2.60. The van der Waals surface area contributed by atoms with E-state index in [0.717, 1.165) is 42.6 Å². The van der Waals surface area contributed by atoms with Crippen LogP contribution in [0, 0.1) is 22.0 Å². The number of carboxylic acids is 1. The molecule has 30 nitrogen and oxygen atoms in total. The van der Waals surface area contributed by atoms with E-state index >= 15 is 0 Å². The number of aliphatic carboxylic acids is 1. The minimum atomic E-state index is -4.92. The van der Waals surface area contributed by atoms with Gasteiger partial charge < -0.3 is 67.2 Å². The lowest BCUT2D eigenvalue weighted by molar-refractivity contribution is -0.387. The first-order chi connectivity index (χ1) is 38.1. The van der Waals surface area contributed by atoms with E-state index in [1.807, 2.05) is 0 Å². The number of carboxylic acid groups (broad SMARTS) is 1. The Morgan fingerprint density at radius 2 is 1.56 bits per heavy atom. The summed E-state index contributed by atoms with van der Waals surface area (Å²) in [5.41, 5.74) is 5.38. The number of likely N-dealkylation sites (tertiary alicyclic amines) is 1. The van der Waals surface area contributed by atoms with Gasteiger partial charge in [0.15, 0.2) is 4.90 Å². The van der Waals surface area contributed by atoms with Crippen LogP contribution >= 0.6 is 11.8 Å². The van der Waals surface area contributed by atoms with Crippen LogP contribution in [0.5, 0.6) is 0 Å². The van der Waals surface area contributed by atoms with Crippen LogP contribution in [-0.4, -0.2) is 179 Å². The fourth-order valence-corrected chi connectivity index (χ4v) is 11.3. The summed E-state index contributed by atoms with van der Waals surface area (Å²) in [6.45, 7) is 3.87. The van der Waals surface area contributed by atoms with Crippen LogP contribution in [-0.2, 0) is 78.7 Å². The number of nitrogens with two attached hydrogens (primary N) is 1. The minimum Gasteiger partial charge on any atom is -0.480 e. The molecule has 1 saturated heterocycles. The van der Waals surface area contributed by atoms with Gasteiger partial charge in [0.05, 0.1) is 35.6 Å². The van der Waals surface area contributed by atoms with Gasteiger partial charge in [0.1, 0.15) is 49.0 Å². The van der Waals surface area contributed by atoms with Gasteiger partial charge in [0.25, 0.3) is 5.69 Å². The molecule has 3 aromatic rings. The first kappa shape index (κ1) is 63.6. The monoisotopic (exact) mass is 1170 g/mol. The third kappa shape index (κ3) is 17.1. The van der Waals surface area contributed by atoms with Gasteiger partial charge in [-0.05, 0) is 23.6 Å². The summed E-state index contributed by atoms with van der Waals surface area (Å²) in [6.07, 6.45) is -4.45. The maximum Gasteiger partial charge on any atom is 0.326 e. The van der Waals surface area contributed by atoms with Gasteiger partial charge in [0, 0.05) is 61.9 Å². The van der Waals surface area contributed by atoms with Crippen molar-refractivity contribution in [2.24, 2.45) is 17.6 Å². The number of esters is 2. The number of ether oxygens (including phenoxy) is 2. The quantitative estimate of drug-likeness (QED) is 0.0332. The zero-order valence-corrected chi connectivity index (χ0v) is 46.0. The Balaban J connectivity index is 1.52. The number of carbonyl (C=O) groups is 11. The summed E-state index contributed by atoms with van der Waals surface area (Å²) in [7, 11) is -4.92. The fourth-order valence-electron chi connectivity index (χ4n) is 8.84. The number of aliphatic hydroxyl groups excluding tert-OH is 1. The van der Waals surface area contributed by atoms with E-state index in [9.17, 15) is 81.5 Å². The van der Waals surface area contributed by atoms with Gasteiger partial charge in [-0.3, -0.25) is 58.1 Å². The molecule has 3 heterocycles. The van der Waals surface area contributed by atoms with Crippen LogP contribution in [0.1, 0.15) is 59.4 Å². The zero-order chi connectivity index (χ0) is 60.0. The highest BCUT2D eigenvalue weighted by Crippen LogP contribution is 2.33. The Kier molecular flexibility index (Phi) is 22.2. The Bertz CT molecular complexity index is 3050. The molecular formula is C49H63N11O19S2. The van der Waals surface area contributed by atoms with Crippen molar-refractivity contribution in [2.45, 2.75) is 119 Å². The second kappa shape index (κ2) is 28.3. The van der Waals surface area contributed by atoms with Crippen LogP contribution < -0.4 is 42.4 Å². The van der Waals surface area contributed by atoms with Crippen molar-refractivity contribution in [2.75, 3.05) is 32.0 Å². The lowest BCUT2D eigenvalue weighted by Gasteiger charge is -2.32. The highest BCUT2D eigenvalue weighted by atomic mass is 32.2. The molecule has 8 amide bonds. The number of benzene rings is 2. The van der Waals surface area contributed by atoms with Crippen molar-refractivity contribution in [3.63, 3.8) is 0 Å². The smallest absolute Gasteiger partial charge is 0.326 e. The van der Waals surface area contributed by atoms with Crippen molar-refractivity contribution in [3.8, 4) is 0 Å². The number of hydrogen-bond acceptors (Lipinski definition) is 19. The Labute approximate surface area is 466 Å². The SMILES string of the molecule is CC[C@H](C)[C@@H]1NC(=O)CNC(=O)C(NS(=O)(=O)c2ccccc2[N+](=O)[O-])Cc2c([nH]c3ccccc23)SCC(C(=O)NC(CC(N)=O)C(=O)N2CC(O)C[C@H]2C(=O)N[C@H](C(=O)O)[C@@H](C)[C@H](COC(C)=O)OC(C)=O)NC(=O)CNC1=O. The van der Waals surface area contributed by atoms with Gasteiger partial charge in [-0.1, -0.05) is 57.5 Å². The number of nitro benzene ring substituents is 1. The number of para-hydroxylation sites is 2. The summed E-state index contributed by atoms with van der Waals surface area (Å²) < 4.78 is 40.3. The predicted octanol–water partition coefficient (Wildman–Crippen LogP) is -2.66. The van der Waals surface area contributed by atoms with E-state index in [1.54, 1.807) is 38.1 Å². The van der Waals surface area contributed by atoms with Crippen LogP contribution in [0.15, 0.2) is 58.5 Å². The maximum absolute atomic E-state index is 14.6. The van der Waals surface area contributed by atoms with E-state index in [4.69, 9.17) is 15.2 Å². The normalized spacial score (nSPS) is 21.3. The molecule has 2 aromatic carbocycles. The van der Waals surface area contributed by atoms with E-state index in [0.29, 0.717) is 17.3 Å². The van der Waals surface area contributed by atoms with E-state index < -0.39 is 202 Å². The largest absolute Gasteiger partial charge is 0.480 e. The van der Waals surface area contributed by atoms with Crippen LogP contribution in [0.3, 0.4) is 0 Å². The molecule has 12 N–H and O–H groups in total. The molecule has 32 heteroatoms. The van der Waals surface area contributed by atoms with Gasteiger partial charge in [-0.15, -0.1) is 11.8 Å². The molecule has 2 aliphatic rings. The highest BCUT2D eigenvalue weighted by molar-refractivity contribution is 7.99. The second-order valence-electron chi connectivity index (χ2n) is 19.1. The maximum atomic E-state index is 14.6. The number of hydrogen-bond donors (Lipinski definition) is 11. The van der Waals surface area contributed by atoms with E-state index in [1.165, 1.54) is 19.1 Å². The molecule has 10 atom stereocenters. The predicted molar refractivity (Wildman–Crippen MR) is 282 cm³/mol. The molecular weight excluding hydrogens is 1110 g/mol. The number of H-pyrrole nitrogens is 1. The number of nitrogens with zero attached hydrogens (tertiary/aromatic N) is 2. The van der Waals surface area contributed by atoms with Crippen molar-refractivity contribution in [1.29, 1.82) is 0 Å². The molecule has 2 aliphatic heterocycles. The van der Waals surface area contributed by atoms with Gasteiger partial charge >= 0.3 is 17.9 Å². The number of thioether (sulfide) groups is 1. The number of rotatable bonds is 19. The van der Waals surface area contributed by atoms with Crippen molar-refractivity contribution >= 4 is 104 Å². The van der Waals surface area contributed by atoms with E-state index in [-0.39, 0.29) is 10.6 Å². The number of aliphatic hydroxyl groups is 1. The molecule has 1 aromatic heterocycles. The molecule has 440 valence electrons. The van der Waals surface area contributed by atoms with Gasteiger partial charge in [-0.2, -0.15) is 4.72 Å². The summed E-state index contributed by atoms with van der Waals surface area (Å²) in [6, 6.07) is 0.501. The molecule has 5 rings (SSSR count). The minimum absolute atomic E-state index is 0.165. The number of aromatic amines is 1. The first-order valence-corrected chi connectivity index (χ1v) is 27.6. The number of amides is 8. The number of β-amino-alcohol motifs (C(OH)–C–C–N with tert-alkyl or cyclic N) is 1.